The molecule has 2 rings (SSSR count). The molecule has 19 nitrogen and oxygen atoms in total. The molecule has 9 N–H and O–H groups in total. The monoisotopic (exact) mass is 1010 g/mol. The topological polar surface area (TPSA) is 314 Å². The van der Waals surface area contributed by atoms with Gasteiger partial charge in [-0.05, 0) is 51.4 Å². The number of cyclic esters (lactones) is 1. The minimum absolute atomic E-state index is 0.0491. The Morgan fingerprint density at radius 3 is 2.06 bits per heavy atom. The third kappa shape index (κ3) is 26.0. The molecule has 0 aromatic rings. The lowest BCUT2D eigenvalue weighted by atomic mass is 9.83. The highest BCUT2D eigenvalue weighted by atomic mass is 31.2. The number of carbonyl (C=O) groups is 3. The van der Waals surface area contributed by atoms with Crippen molar-refractivity contribution in [1.82, 2.24) is 0 Å². The third-order valence-corrected chi connectivity index (χ3v) is 13.9. The van der Waals surface area contributed by atoms with Crippen LogP contribution < -0.4 is 0 Å². The van der Waals surface area contributed by atoms with Crippen LogP contribution in [0.4, 0.5) is 0 Å². The first-order valence-electron chi connectivity index (χ1n) is 25.0. The molecule has 0 amide bonds. The van der Waals surface area contributed by atoms with E-state index in [0.29, 0.717) is 32.1 Å². The standard InChI is InChI=1S/C47H84O19P2/c1-3-5-7-8-9-10-11-12-13-14-15-16-17-18-23-27-40(51)62-32-35-33-63-68(60,61)66-47-45(56)44(55)42(53)36(26-22-19-20-24-28-41(52)64-35)38(49)31-39(50)37(30-29-34(48)25-21-6-4-2)43(54)46(47)65-67(57,58)59/h12-13,29-30,34-37,39,42-48,50,53-56H,3-11,14-28,31-33H2,1-2H3,(H,60,61)(H2,57,58,59)/b13-12-,30-29?/t34-,35+,36-,37-,39+,42+,43+,44-,45+,46+,47-/m0/s1. The molecule has 68 heavy (non-hydrogen) atoms. The molecule has 2 fully saturated rings. The number of ether oxygens (including phenoxy) is 2. The van der Waals surface area contributed by atoms with Crippen molar-refractivity contribution in [2.45, 2.75) is 229 Å². The van der Waals surface area contributed by atoms with E-state index >= 15 is 0 Å². The van der Waals surface area contributed by atoms with Crippen LogP contribution in [0.25, 0.3) is 0 Å². The van der Waals surface area contributed by atoms with Gasteiger partial charge in [0.1, 0.15) is 36.8 Å². The summed E-state index contributed by atoms with van der Waals surface area (Å²) in [5.41, 5.74) is 0. The molecule has 0 radical (unpaired) electrons. The summed E-state index contributed by atoms with van der Waals surface area (Å²) in [6.07, 6.45) is 3.95. The van der Waals surface area contributed by atoms with Crippen molar-refractivity contribution in [3.8, 4) is 0 Å². The highest BCUT2D eigenvalue weighted by Crippen LogP contribution is 2.49. The van der Waals surface area contributed by atoms with Gasteiger partial charge in [0, 0.05) is 31.1 Å². The number of Topliss-reactive ketones (excluding diaryl/α,β-unsaturated/α-hetero) is 1. The molecule has 1 aliphatic carbocycles. The number of aliphatic hydroxyl groups excluding tert-OH is 6. The van der Waals surface area contributed by atoms with Gasteiger partial charge in [-0.3, -0.25) is 28.0 Å². The van der Waals surface area contributed by atoms with Crippen LogP contribution in [0.1, 0.15) is 174 Å². The van der Waals surface area contributed by atoms with Gasteiger partial charge in [-0.25, -0.2) is 9.13 Å². The van der Waals surface area contributed by atoms with Gasteiger partial charge in [0.2, 0.25) is 0 Å². The molecule has 1 heterocycles. The number of esters is 2. The number of unbranched alkanes of at least 4 members (excludes halogenated alkanes) is 13. The lowest BCUT2D eigenvalue weighted by molar-refractivity contribution is -0.165. The SMILES string of the molecule is CCCCCCCC/C=C\CCCCCCCC(=O)OC[C@@H]1COP(=O)(O)O[C@H]2[C@H](O)[C@@H](O)[C@H](O)[C@@H](CCCCCCC(=O)O1)C(=O)C[C@@H](O)[C@H](C=C[C@@H](O)CCCCC)[C@@H](O)[C@H]2OP(=O)(O)O. The smallest absolute Gasteiger partial charge is 0.462 e. The second-order valence-electron chi connectivity index (χ2n) is 18.3. The van der Waals surface area contributed by atoms with Crippen molar-refractivity contribution in [2.24, 2.45) is 11.8 Å². The lowest BCUT2D eigenvalue weighted by Gasteiger charge is -2.38. The van der Waals surface area contributed by atoms with E-state index in [9.17, 15) is 68.8 Å². The average Bonchev–Trinajstić information content (AvgIpc) is 3.28. The summed E-state index contributed by atoms with van der Waals surface area (Å²) in [5, 5.41) is 68.1. The Kier molecular flexibility index (Phi) is 31.5. The number of ketones is 1. The predicted octanol–water partition coefficient (Wildman–Crippen LogP) is 6.32. The van der Waals surface area contributed by atoms with E-state index in [2.05, 4.69) is 19.1 Å². The Hall–Kier alpha value is -1.93. The first kappa shape index (κ1) is 62.2. The molecular weight excluding hydrogens is 930 g/mol. The number of aliphatic hydroxyl groups is 6. The van der Waals surface area contributed by atoms with E-state index in [-0.39, 0.29) is 32.1 Å². The van der Waals surface area contributed by atoms with Gasteiger partial charge in [-0.2, -0.15) is 0 Å². The maximum atomic E-state index is 13.7. The zero-order chi connectivity index (χ0) is 50.5. The second kappa shape index (κ2) is 34.4. The van der Waals surface area contributed by atoms with E-state index < -0.39 is 120 Å². The average molecular weight is 1020 g/mol. The van der Waals surface area contributed by atoms with Crippen molar-refractivity contribution in [3.05, 3.63) is 24.3 Å². The zero-order valence-corrected chi connectivity index (χ0v) is 42.0. The second-order valence-corrected chi connectivity index (χ2v) is 20.9. The number of carbonyl (C=O) groups excluding carboxylic acids is 3. The van der Waals surface area contributed by atoms with Gasteiger partial charge in [0.15, 0.2) is 6.10 Å². The van der Waals surface area contributed by atoms with Crippen LogP contribution in [0.5, 0.6) is 0 Å². The largest absolute Gasteiger partial charge is 0.472 e. The summed E-state index contributed by atoms with van der Waals surface area (Å²) in [5.74, 6) is -5.46. The van der Waals surface area contributed by atoms with Crippen molar-refractivity contribution in [3.63, 3.8) is 0 Å². The van der Waals surface area contributed by atoms with Crippen molar-refractivity contribution in [2.75, 3.05) is 13.2 Å². The highest BCUT2D eigenvalue weighted by molar-refractivity contribution is 7.47. The first-order valence-corrected chi connectivity index (χ1v) is 28.0. The van der Waals surface area contributed by atoms with Crippen molar-refractivity contribution >= 4 is 33.4 Å². The lowest BCUT2D eigenvalue weighted by Crippen LogP contribution is -2.56. The predicted molar refractivity (Wildman–Crippen MR) is 251 cm³/mol. The van der Waals surface area contributed by atoms with Crippen LogP contribution in [-0.2, 0) is 46.6 Å². The summed E-state index contributed by atoms with van der Waals surface area (Å²) in [4.78, 5) is 70.4. The first-order chi connectivity index (χ1) is 32.3. The van der Waals surface area contributed by atoms with Gasteiger partial charge in [0.05, 0.1) is 31.0 Å². The Bertz CT molecular complexity index is 1570. The number of allylic oxidation sites excluding steroid dienone is 2. The van der Waals surface area contributed by atoms with Gasteiger partial charge in [0.25, 0.3) is 0 Å². The van der Waals surface area contributed by atoms with Gasteiger partial charge >= 0.3 is 27.6 Å². The molecule has 1 aliphatic heterocycles. The number of rotatable bonds is 25. The van der Waals surface area contributed by atoms with Crippen molar-refractivity contribution < 1.29 is 91.9 Å². The zero-order valence-electron chi connectivity index (χ0n) is 40.3. The Labute approximate surface area is 402 Å². The van der Waals surface area contributed by atoms with Crippen LogP contribution in [0, 0.1) is 11.8 Å². The fraction of sp³-hybridized carbons (Fsp3) is 0.851. The quantitative estimate of drug-likeness (QED) is 0.0209. The molecule has 0 spiro atoms. The molecule has 2 aliphatic rings. The fourth-order valence-electron chi connectivity index (χ4n) is 8.39. The molecule has 1 saturated heterocycles. The Morgan fingerprint density at radius 2 is 1.41 bits per heavy atom. The molecule has 0 aromatic heterocycles. The highest BCUT2D eigenvalue weighted by Gasteiger charge is 2.51. The minimum atomic E-state index is -5.77. The normalized spacial score (nSPS) is 30.5. The number of phosphoric acid groups is 2. The van der Waals surface area contributed by atoms with Gasteiger partial charge < -0.3 is 54.8 Å². The maximum Gasteiger partial charge on any atom is 0.472 e. The minimum Gasteiger partial charge on any atom is -0.462 e. The van der Waals surface area contributed by atoms with E-state index in [1.165, 1.54) is 44.6 Å². The van der Waals surface area contributed by atoms with Crippen LogP contribution in [0.3, 0.4) is 0 Å². The molecule has 1 saturated carbocycles. The maximum absolute atomic E-state index is 13.7. The molecule has 396 valence electrons. The number of hydrogen-bond acceptors (Lipinski definition) is 16. The van der Waals surface area contributed by atoms with Gasteiger partial charge in [-0.15, -0.1) is 0 Å². The summed E-state index contributed by atoms with van der Waals surface area (Å²) >= 11 is 0. The fourth-order valence-corrected chi connectivity index (χ4v) is 9.92. The number of phosphoric ester groups is 2. The van der Waals surface area contributed by atoms with E-state index in [1.54, 1.807) is 0 Å². The molecule has 12 atom stereocenters. The van der Waals surface area contributed by atoms with E-state index in [0.717, 1.165) is 57.4 Å². The van der Waals surface area contributed by atoms with E-state index in [1.807, 2.05) is 6.92 Å². The molecule has 1 unspecified atom stereocenters. The summed E-state index contributed by atoms with van der Waals surface area (Å²) in [7, 11) is -11.5. The van der Waals surface area contributed by atoms with Crippen LogP contribution in [0.2, 0.25) is 0 Å². The number of fused-ring (bicyclic) bond motifs is 4. The molecule has 21 heteroatoms. The third-order valence-electron chi connectivity index (χ3n) is 12.4. The number of hydrogen-bond donors (Lipinski definition) is 9. The van der Waals surface area contributed by atoms with Crippen LogP contribution >= 0.6 is 15.6 Å². The van der Waals surface area contributed by atoms with E-state index in [4.69, 9.17) is 23.0 Å². The van der Waals surface area contributed by atoms with Crippen molar-refractivity contribution in [1.29, 1.82) is 0 Å². The Morgan fingerprint density at radius 1 is 0.809 bits per heavy atom. The summed E-state index contributed by atoms with van der Waals surface area (Å²) < 4.78 is 52.1. The Balaban J connectivity index is 2.29. The molecule has 0 aromatic carbocycles. The van der Waals surface area contributed by atoms with Crippen LogP contribution in [0.15, 0.2) is 24.3 Å². The van der Waals surface area contributed by atoms with Gasteiger partial charge in [-0.1, -0.05) is 128 Å². The van der Waals surface area contributed by atoms with Crippen LogP contribution in [-0.4, -0.2) is 131 Å². The summed E-state index contributed by atoms with van der Waals surface area (Å²) in [6, 6.07) is 0. The molecular formula is C47H84O19P2. The molecule has 2 bridgehead atoms. The summed E-state index contributed by atoms with van der Waals surface area (Å²) in [6.45, 7) is 2.57.